The summed E-state index contributed by atoms with van der Waals surface area (Å²) in [6.45, 7) is 0. The SMILES string of the molecule is COc1ccc(-c2nc3c4c5c(sc4ncn3n2)CCCC5)cc1. The van der Waals surface area contributed by atoms with Crippen LogP contribution in [0, 0.1) is 0 Å². The van der Waals surface area contributed by atoms with Crippen LogP contribution >= 0.6 is 11.3 Å². The van der Waals surface area contributed by atoms with Crippen molar-refractivity contribution in [3.63, 3.8) is 0 Å². The van der Waals surface area contributed by atoms with Crippen molar-refractivity contribution in [2.45, 2.75) is 25.7 Å². The fourth-order valence-corrected chi connectivity index (χ4v) is 4.64. The summed E-state index contributed by atoms with van der Waals surface area (Å²) in [6, 6.07) is 7.84. The van der Waals surface area contributed by atoms with Gasteiger partial charge in [0.1, 0.15) is 16.9 Å². The van der Waals surface area contributed by atoms with Crippen LogP contribution in [-0.4, -0.2) is 26.7 Å². The smallest absolute Gasteiger partial charge is 0.182 e. The molecule has 0 aliphatic heterocycles. The van der Waals surface area contributed by atoms with E-state index in [4.69, 9.17) is 9.72 Å². The minimum absolute atomic E-state index is 0.725. The molecule has 0 atom stereocenters. The topological polar surface area (TPSA) is 52.3 Å². The van der Waals surface area contributed by atoms with Crippen LogP contribution in [0.3, 0.4) is 0 Å². The van der Waals surface area contributed by atoms with Gasteiger partial charge in [0.05, 0.1) is 12.5 Å². The predicted octanol–water partition coefficient (Wildman–Crippen LogP) is 3.89. The lowest BCUT2D eigenvalue weighted by molar-refractivity contribution is 0.415. The first-order valence-corrected chi connectivity index (χ1v) is 8.95. The van der Waals surface area contributed by atoms with E-state index in [9.17, 15) is 0 Å². The molecular weight excluding hydrogens is 320 g/mol. The Hall–Kier alpha value is -2.47. The van der Waals surface area contributed by atoms with Crippen molar-refractivity contribution in [3.05, 3.63) is 41.0 Å². The number of nitrogens with zero attached hydrogens (tertiary/aromatic N) is 4. The molecule has 4 aromatic rings. The first-order chi connectivity index (χ1) is 11.8. The van der Waals surface area contributed by atoms with Gasteiger partial charge in [-0.05, 0) is 55.5 Å². The molecule has 0 radical (unpaired) electrons. The first-order valence-electron chi connectivity index (χ1n) is 8.13. The van der Waals surface area contributed by atoms with Gasteiger partial charge in [0, 0.05) is 10.4 Å². The zero-order chi connectivity index (χ0) is 16.1. The van der Waals surface area contributed by atoms with E-state index < -0.39 is 0 Å². The van der Waals surface area contributed by atoms with Gasteiger partial charge < -0.3 is 4.74 Å². The van der Waals surface area contributed by atoms with Gasteiger partial charge in [0.15, 0.2) is 11.5 Å². The van der Waals surface area contributed by atoms with Crippen molar-refractivity contribution in [3.8, 4) is 17.1 Å². The number of hydrogen-bond donors (Lipinski definition) is 0. The molecule has 5 rings (SSSR count). The number of ether oxygens (including phenoxy) is 1. The average Bonchev–Trinajstić information content (AvgIpc) is 3.22. The minimum atomic E-state index is 0.725. The zero-order valence-electron chi connectivity index (χ0n) is 13.3. The molecule has 3 aromatic heterocycles. The second kappa shape index (κ2) is 5.27. The maximum absolute atomic E-state index is 5.22. The van der Waals surface area contributed by atoms with Gasteiger partial charge in [-0.1, -0.05) is 0 Å². The van der Waals surface area contributed by atoms with Crippen molar-refractivity contribution in [2.24, 2.45) is 0 Å². The normalized spacial score (nSPS) is 14.2. The van der Waals surface area contributed by atoms with Crippen LogP contribution < -0.4 is 4.74 Å². The molecular formula is C18H16N4OS. The van der Waals surface area contributed by atoms with E-state index in [1.807, 2.05) is 40.1 Å². The summed E-state index contributed by atoms with van der Waals surface area (Å²) in [5.41, 5.74) is 3.34. The molecule has 24 heavy (non-hydrogen) atoms. The van der Waals surface area contributed by atoms with Crippen molar-refractivity contribution >= 4 is 27.2 Å². The summed E-state index contributed by atoms with van der Waals surface area (Å²) in [5.74, 6) is 1.56. The molecule has 3 heterocycles. The second-order valence-corrected chi connectivity index (χ2v) is 7.15. The summed E-state index contributed by atoms with van der Waals surface area (Å²) in [5, 5.41) is 5.82. The third-order valence-corrected chi connectivity index (χ3v) is 5.84. The summed E-state index contributed by atoms with van der Waals surface area (Å²) in [6.07, 6.45) is 6.60. The largest absolute Gasteiger partial charge is 0.497 e. The molecule has 0 saturated carbocycles. The highest BCUT2D eigenvalue weighted by Gasteiger charge is 2.20. The summed E-state index contributed by atoms with van der Waals surface area (Å²) < 4.78 is 7.03. The summed E-state index contributed by atoms with van der Waals surface area (Å²) in [4.78, 5) is 12.0. The maximum atomic E-state index is 5.22. The number of fused-ring (bicyclic) bond motifs is 5. The number of rotatable bonds is 2. The average molecular weight is 336 g/mol. The van der Waals surface area contributed by atoms with Gasteiger partial charge in [-0.3, -0.25) is 0 Å². The Bertz CT molecular complexity index is 1050. The molecule has 0 N–H and O–H groups in total. The minimum Gasteiger partial charge on any atom is -0.497 e. The quantitative estimate of drug-likeness (QED) is 0.557. The Morgan fingerprint density at radius 1 is 1.12 bits per heavy atom. The van der Waals surface area contributed by atoms with Crippen LogP contribution in [0.1, 0.15) is 23.3 Å². The fraction of sp³-hybridized carbons (Fsp3) is 0.278. The summed E-state index contributed by atoms with van der Waals surface area (Å²) >= 11 is 1.82. The lowest BCUT2D eigenvalue weighted by Gasteiger charge is -2.09. The van der Waals surface area contributed by atoms with Crippen LogP contribution in [-0.2, 0) is 12.8 Å². The standard InChI is InChI=1S/C18H16N4OS/c1-23-12-8-6-11(7-9-12)16-20-17-15-13-4-2-3-5-14(13)24-18(15)19-10-22(17)21-16/h6-10H,2-5H2,1H3. The molecule has 120 valence electrons. The predicted molar refractivity (Wildman–Crippen MR) is 94.8 cm³/mol. The number of aromatic nitrogens is 4. The Morgan fingerprint density at radius 3 is 2.79 bits per heavy atom. The van der Waals surface area contributed by atoms with Gasteiger partial charge in [-0.15, -0.1) is 16.4 Å². The van der Waals surface area contributed by atoms with Crippen LogP contribution in [0.25, 0.3) is 27.3 Å². The second-order valence-electron chi connectivity index (χ2n) is 6.07. The van der Waals surface area contributed by atoms with Crippen molar-refractivity contribution in [2.75, 3.05) is 7.11 Å². The van der Waals surface area contributed by atoms with Crippen molar-refractivity contribution < 1.29 is 4.74 Å². The molecule has 1 aliphatic carbocycles. The third kappa shape index (κ3) is 2.03. The molecule has 5 nitrogen and oxygen atoms in total. The van der Waals surface area contributed by atoms with Gasteiger partial charge in [-0.25, -0.2) is 14.5 Å². The van der Waals surface area contributed by atoms with Crippen LogP contribution in [0.2, 0.25) is 0 Å². The molecule has 0 saturated heterocycles. The Morgan fingerprint density at radius 2 is 1.96 bits per heavy atom. The molecule has 0 amide bonds. The molecule has 0 fully saturated rings. The summed E-state index contributed by atoms with van der Waals surface area (Å²) in [7, 11) is 1.67. The van der Waals surface area contributed by atoms with Crippen LogP contribution in [0.15, 0.2) is 30.6 Å². The highest BCUT2D eigenvalue weighted by molar-refractivity contribution is 7.19. The lowest BCUT2D eigenvalue weighted by atomic mass is 9.97. The van der Waals surface area contributed by atoms with Gasteiger partial charge >= 0.3 is 0 Å². The lowest BCUT2D eigenvalue weighted by Crippen LogP contribution is -1.99. The van der Waals surface area contributed by atoms with Crippen molar-refractivity contribution in [1.29, 1.82) is 0 Å². The van der Waals surface area contributed by atoms with Gasteiger partial charge in [0.25, 0.3) is 0 Å². The highest BCUT2D eigenvalue weighted by atomic mass is 32.1. The van der Waals surface area contributed by atoms with E-state index in [1.54, 1.807) is 13.4 Å². The molecule has 1 aromatic carbocycles. The molecule has 0 unspecified atom stereocenters. The number of hydrogen-bond acceptors (Lipinski definition) is 5. The van der Waals surface area contributed by atoms with E-state index in [1.165, 1.54) is 35.1 Å². The number of benzene rings is 1. The number of aryl methyl sites for hydroxylation is 2. The Balaban J connectivity index is 1.72. The van der Waals surface area contributed by atoms with E-state index in [2.05, 4.69) is 10.1 Å². The molecule has 1 aliphatic rings. The zero-order valence-corrected chi connectivity index (χ0v) is 14.1. The van der Waals surface area contributed by atoms with E-state index in [0.29, 0.717) is 0 Å². The van der Waals surface area contributed by atoms with Gasteiger partial charge in [-0.2, -0.15) is 0 Å². The number of methoxy groups -OCH3 is 1. The van der Waals surface area contributed by atoms with E-state index in [-0.39, 0.29) is 0 Å². The highest BCUT2D eigenvalue weighted by Crippen LogP contribution is 2.37. The third-order valence-electron chi connectivity index (χ3n) is 4.64. The van der Waals surface area contributed by atoms with E-state index >= 15 is 0 Å². The van der Waals surface area contributed by atoms with Crippen molar-refractivity contribution in [1.82, 2.24) is 19.6 Å². The first kappa shape index (κ1) is 13.9. The van der Waals surface area contributed by atoms with E-state index in [0.717, 1.165) is 34.0 Å². The monoisotopic (exact) mass is 336 g/mol. The fourth-order valence-electron chi connectivity index (χ4n) is 3.42. The van der Waals surface area contributed by atoms with Crippen LogP contribution in [0.5, 0.6) is 5.75 Å². The Kier molecular flexibility index (Phi) is 3.06. The van der Waals surface area contributed by atoms with Crippen LogP contribution in [0.4, 0.5) is 0 Å². The number of thiophene rings is 1. The Labute approximate surface area is 142 Å². The molecule has 0 spiro atoms. The molecule has 6 heteroatoms. The van der Waals surface area contributed by atoms with Gasteiger partial charge in [0.2, 0.25) is 0 Å². The molecule has 0 bridgehead atoms. The maximum Gasteiger partial charge on any atom is 0.182 e.